The van der Waals surface area contributed by atoms with E-state index in [1.54, 1.807) is 11.8 Å². The first-order valence-corrected chi connectivity index (χ1v) is 7.21. The van der Waals surface area contributed by atoms with Crippen LogP contribution in [0.4, 0.5) is 0 Å². The lowest BCUT2D eigenvalue weighted by Gasteiger charge is -2.09. The van der Waals surface area contributed by atoms with Crippen LogP contribution in [0.3, 0.4) is 0 Å². The molecule has 4 heteroatoms. The second-order valence-electron chi connectivity index (χ2n) is 4.40. The van der Waals surface area contributed by atoms with Crippen molar-refractivity contribution >= 4 is 17.7 Å². The van der Waals surface area contributed by atoms with Gasteiger partial charge in [0.1, 0.15) is 0 Å². The Hall–Kier alpha value is -1.00. The molecule has 0 saturated heterocycles. The molecule has 1 amide bonds. The van der Waals surface area contributed by atoms with Gasteiger partial charge in [0.05, 0.1) is 5.75 Å². The Balaban J connectivity index is 2.22. The monoisotopic (exact) mass is 267 g/mol. The standard InChI is InChI=1S/C14H21NO2S/c1-11-3-5-13(6-4-11)9-15-14(17)10-18-12(2)7-8-16/h3-6,12,16H,7-10H2,1-2H3,(H,15,17). The molecular formula is C14H21NO2S. The first-order valence-electron chi connectivity index (χ1n) is 6.16. The zero-order valence-corrected chi connectivity index (χ0v) is 11.8. The lowest BCUT2D eigenvalue weighted by atomic mass is 10.1. The van der Waals surface area contributed by atoms with Crippen LogP contribution >= 0.6 is 11.8 Å². The Labute approximate surface area is 113 Å². The van der Waals surface area contributed by atoms with Gasteiger partial charge in [-0.05, 0) is 18.9 Å². The highest BCUT2D eigenvalue weighted by atomic mass is 32.2. The fourth-order valence-corrected chi connectivity index (χ4v) is 2.25. The van der Waals surface area contributed by atoms with E-state index in [4.69, 9.17) is 5.11 Å². The maximum absolute atomic E-state index is 11.6. The van der Waals surface area contributed by atoms with Crippen LogP contribution in [-0.4, -0.2) is 28.6 Å². The van der Waals surface area contributed by atoms with Crippen LogP contribution in [0.25, 0.3) is 0 Å². The lowest BCUT2D eigenvalue weighted by Crippen LogP contribution is -2.25. The third-order valence-corrected chi connectivity index (χ3v) is 3.88. The summed E-state index contributed by atoms with van der Waals surface area (Å²) < 4.78 is 0. The molecule has 1 unspecified atom stereocenters. The minimum atomic E-state index is 0.0466. The van der Waals surface area contributed by atoms with Crippen molar-refractivity contribution < 1.29 is 9.90 Å². The number of rotatable bonds is 7. The summed E-state index contributed by atoms with van der Waals surface area (Å²) >= 11 is 1.57. The molecule has 0 saturated carbocycles. The Morgan fingerprint density at radius 3 is 2.67 bits per heavy atom. The maximum atomic E-state index is 11.6. The number of carbonyl (C=O) groups excluding carboxylic acids is 1. The predicted octanol–water partition coefficient (Wildman–Crippen LogP) is 2.12. The first kappa shape index (κ1) is 15.1. The summed E-state index contributed by atoms with van der Waals surface area (Å²) in [6.07, 6.45) is 0.732. The van der Waals surface area contributed by atoms with Gasteiger partial charge in [-0.15, -0.1) is 11.8 Å². The molecule has 0 aliphatic carbocycles. The number of aryl methyl sites for hydroxylation is 1. The maximum Gasteiger partial charge on any atom is 0.230 e. The summed E-state index contributed by atoms with van der Waals surface area (Å²) in [5.41, 5.74) is 2.33. The van der Waals surface area contributed by atoms with Crippen molar-refractivity contribution in [2.45, 2.75) is 32.1 Å². The van der Waals surface area contributed by atoms with Crippen molar-refractivity contribution in [2.24, 2.45) is 0 Å². The van der Waals surface area contributed by atoms with E-state index in [-0.39, 0.29) is 12.5 Å². The third-order valence-electron chi connectivity index (χ3n) is 2.64. The number of thioether (sulfide) groups is 1. The van der Waals surface area contributed by atoms with Gasteiger partial charge in [0.15, 0.2) is 0 Å². The van der Waals surface area contributed by atoms with Crippen molar-refractivity contribution in [3.8, 4) is 0 Å². The van der Waals surface area contributed by atoms with Crippen LogP contribution in [0.5, 0.6) is 0 Å². The second-order valence-corrected chi connectivity index (χ2v) is 5.82. The summed E-state index contributed by atoms with van der Waals surface area (Å²) in [5, 5.41) is 12.0. The summed E-state index contributed by atoms with van der Waals surface area (Å²) in [7, 11) is 0. The minimum Gasteiger partial charge on any atom is -0.396 e. The fourth-order valence-electron chi connectivity index (χ4n) is 1.44. The molecule has 1 aromatic carbocycles. The average Bonchev–Trinajstić information content (AvgIpc) is 2.36. The number of amides is 1. The quantitative estimate of drug-likeness (QED) is 0.795. The lowest BCUT2D eigenvalue weighted by molar-refractivity contribution is -0.118. The number of hydrogen-bond donors (Lipinski definition) is 2. The molecule has 0 aromatic heterocycles. The summed E-state index contributed by atoms with van der Waals surface area (Å²) in [6, 6.07) is 8.13. The topological polar surface area (TPSA) is 49.3 Å². The molecule has 0 heterocycles. The van der Waals surface area contributed by atoms with Crippen LogP contribution in [0.1, 0.15) is 24.5 Å². The predicted molar refractivity (Wildman–Crippen MR) is 76.6 cm³/mol. The van der Waals surface area contributed by atoms with Crippen LogP contribution < -0.4 is 5.32 Å². The van der Waals surface area contributed by atoms with Crippen molar-refractivity contribution in [3.05, 3.63) is 35.4 Å². The number of hydrogen-bond acceptors (Lipinski definition) is 3. The smallest absolute Gasteiger partial charge is 0.230 e. The van der Waals surface area contributed by atoms with E-state index in [9.17, 15) is 4.79 Å². The number of aliphatic hydroxyl groups is 1. The van der Waals surface area contributed by atoms with Gasteiger partial charge < -0.3 is 10.4 Å². The van der Waals surface area contributed by atoms with Gasteiger partial charge in [0, 0.05) is 18.4 Å². The average molecular weight is 267 g/mol. The number of benzene rings is 1. The van der Waals surface area contributed by atoms with Gasteiger partial charge in [0.2, 0.25) is 5.91 Å². The Morgan fingerprint density at radius 1 is 1.39 bits per heavy atom. The summed E-state index contributed by atoms with van der Waals surface area (Å²) in [5.74, 6) is 0.498. The fraction of sp³-hybridized carbons (Fsp3) is 0.500. The summed E-state index contributed by atoms with van der Waals surface area (Å²) in [4.78, 5) is 11.6. The molecule has 100 valence electrons. The third kappa shape index (κ3) is 6.07. The van der Waals surface area contributed by atoms with Crippen molar-refractivity contribution in [1.82, 2.24) is 5.32 Å². The molecule has 0 fully saturated rings. The molecule has 1 rings (SSSR count). The van der Waals surface area contributed by atoms with Crippen LogP contribution in [0, 0.1) is 6.92 Å². The zero-order chi connectivity index (χ0) is 13.4. The molecule has 2 N–H and O–H groups in total. The summed E-state index contributed by atoms with van der Waals surface area (Å²) in [6.45, 7) is 4.82. The highest BCUT2D eigenvalue weighted by Crippen LogP contribution is 2.12. The molecule has 0 aliphatic heterocycles. The number of carbonyl (C=O) groups is 1. The largest absolute Gasteiger partial charge is 0.396 e. The molecule has 0 bridgehead atoms. The van der Waals surface area contributed by atoms with Crippen LogP contribution in [0.15, 0.2) is 24.3 Å². The van der Waals surface area contributed by atoms with Crippen molar-refractivity contribution in [2.75, 3.05) is 12.4 Å². The van der Waals surface area contributed by atoms with Crippen LogP contribution in [-0.2, 0) is 11.3 Å². The Bertz CT molecular complexity index is 365. The van der Waals surface area contributed by atoms with Crippen molar-refractivity contribution in [1.29, 1.82) is 0 Å². The van der Waals surface area contributed by atoms with E-state index < -0.39 is 0 Å². The minimum absolute atomic E-state index is 0.0466. The molecule has 1 aromatic rings. The molecule has 1 atom stereocenters. The van der Waals surface area contributed by atoms with Gasteiger partial charge in [-0.2, -0.15) is 0 Å². The van der Waals surface area contributed by atoms with Crippen LogP contribution in [0.2, 0.25) is 0 Å². The van der Waals surface area contributed by atoms with Gasteiger partial charge in [-0.1, -0.05) is 36.8 Å². The molecule has 18 heavy (non-hydrogen) atoms. The van der Waals surface area contributed by atoms with Crippen molar-refractivity contribution in [3.63, 3.8) is 0 Å². The molecule has 0 spiro atoms. The first-order chi connectivity index (χ1) is 8.61. The van der Waals surface area contributed by atoms with E-state index >= 15 is 0 Å². The normalized spacial score (nSPS) is 12.2. The van der Waals surface area contributed by atoms with Gasteiger partial charge in [0.25, 0.3) is 0 Å². The van der Waals surface area contributed by atoms with Gasteiger partial charge >= 0.3 is 0 Å². The van der Waals surface area contributed by atoms with Gasteiger partial charge in [-0.25, -0.2) is 0 Å². The Kier molecular flexibility index (Phi) is 6.83. The van der Waals surface area contributed by atoms with E-state index in [1.807, 2.05) is 38.1 Å². The van der Waals surface area contributed by atoms with E-state index in [0.717, 1.165) is 12.0 Å². The molecule has 3 nitrogen and oxygen atoms in total. The SMILES string of the molecule is Cc1ccc(CNC(=O)CSC(C)CCO)cc1. The molecular weight excluding hydrogens is 246 g/mol. The molecule has 0 radical (unpaired) electrons. The van der Waals surface area contributed by atoms with E-state index in [1.165, 1.54) is 5.56 Å². The highest BCUT2D eigenvalue weighted by molar-refractivity contribution is 8.00. The second kappa shape index (κ2) is 8.16. The van der Waals surface area contributed by atoms with E-state index in [2.05, 4.69) is 5.32 Å². The van der Waals surface area contributed by atoms with Gasteiger partial charge in [-0.3, -0.25) is 4.79 Å². The Morgan fingerprint density at radius 2 is 2.06 bits per heavy atom. The highest BCUT2D eigenvalue weighted by Gasteiger charge is 2.06. The zero-order valence-electron chi connectivity index (χ0n) is 11.0. The number of nitrogens with one attached hydrogen (secondary N) is 1. The molecule has 0 aliphatic rings. The number of aliphatic hydroxyl groups excluding tert-OH is 1. The van der Waals surface area contributed by atoms with E-state index in [0.29, 0.717) is 17.5 Å².